The third-order valence-electron chi connectivity index (χ3n) is 6.71. The number of para-hydroxylation sites is 1. The van der Waals surface area contributed by atoms with Gasteiger partial charge in [0.1, 0.15) is 0 Å². The van der Waals surface area contributed by atoms with Gasteiger partial charge in [-0.2, -0.15) is 0 Å². The average molecular weight is 422 g/mol. The first-order valence-corrected chi connectivity index (χ1v) is 11.9. The van der Waals surface area contributed by atoms with Gasteiger partial charge in [0.05, 0.1) is 23.2 Å². The molecule has 0 saturated heterocycles. The molecule has 0 bridgehead atoms. The molecule has 0 atom stereocenters. The molecule has 3 nitrogen and oxygen atoms in total. The van der Waals surface area contributed by atoms with Crippen molar-refractivity contribution >= 4 is 43.8 Å². The lowest BCUT2D eigenvalue weighted by Crippen LogP contribution is -2.27. The molecule has 32 heavy (non-hydrogen) atoms. The van der Waals surface area contributed by atoms with Crippen LogP contribution in [-0.2, 0) is 6.42 Å². The molecule has 162 valence electrons. The lowest BCUT2D eigenvalue weighted by Gasteiger charge is -2.22. The maximum atomic E-state index is 2.48. The minimum Gasteiger partial charge on any atom is -0.358 e. The fraction of sp³-hybridized carbons (Fsp3) is 0.310. The molecule has 6 rings (SSSR count). The second-order valence-corrected chi connectivity index (χ2v) is 10.3. The van der Waals surface area contributed by atoms with Gasteiger partial charge in [-0.3, -0.25) is 0 Å². The van der Waals surface area contributed by atoms with E-state index in [1.165, 1.54) is 49.3 Å². The Morgan fingerprint density at radius 1 is 0.750 bits per heavy atom. The van der Waals surface area contributed by atoms with Crippen LogP contribution in [-0.4, -0.2) is 22.5 Å². The zero-order valence-electron chi connectivity index (χ0n) is 19.5. The first-order chi connectivity index (χ1) is 15.5. The van der Waals surface area contributed by atoms with Crippen LogP contribution in [0.3, 0.4) is 0 Å². The van der Waals surface area contributed by atoms with E-state index in [1.54, 1.807) is 0 Å². The lowest BCUT2D eigenvalue weighted by molar-refractivity contribution is 0.354. The van der Waals surface area contributed by atoms with Gasteiger partial charge in [0.15, 0.2) is 0 Å². The van der Waals surface area contributed by atoms with Crippen LogP contribution in [0.4, 0.5) is 5.69 Å². The second-order valence-electron chi connectivity index (χ2n) is 10.3. The molecule has 0 radical (unpaired) electrons. The molecule has 0 saturated carbocycles. The first-order valence-electron chi connectivity index (χ1n) is 11.9. The Labute approximate surface area is 189 Å². The van der Waals surface area contributed by atoms with Gasteiger partial charge in [-0.25, -0.2) is 0 Å². The van der Waals surface area contributed by atoms with E-state index in [0.717, 1.165) is 19.6 Å². The summed E-state index contributed by atoms with van der Waals surface area (Å²) < 4.78 is 2.48. The largest absolute Gasteiger partial charge is 0.358 e. The number of rotatable bonds is 5. The molecular formula is C29H31N3. The molecule has 0 amide bonds. The monoisotopic (exact) mass is 421 g/mol. The average Bonchev–Trinajstić information content (AvgIpc) is 3.43. The molecule has 1 aliphatic heterocycles. The van der Waals surface area contributed by atoms with E-state index >= 15 is 0 Å². The molecule has 3 aromatic carbocycles. The molecule has 0 aliphatic carbocycles. The summed E-state index contributed by atoms with van der Waals surface area (Å²) in [5, 5.41) is 5.48. The molecular weight excluding hydrogens is 390 g/mol. The van der Waals surface area contributed by atoms with Crippen molar-refractivity contribution < 1.29 is 0 Å². The molecule has 0 unspecified atom stereocenters. The molecule has 0 N–H and O–H groups in total. The Morgan fingerprint density at radius 2 is 1.50 bits per heavy atom. The van der Waals surface area contributed by atoms with Gasteiger partial charge in [-0.1, -0.05) is 45.9 Å². The molecule has 3 heterocycles. The van der Waals surface area contributed by atoms with Gasteiger partial charge in [-0.15, -0.1) is 0 Å². The SMILES string of the molecule is CC(C)Cc1cc2c3ccccc3n3c4ccc(N5C=CN(CC(C)C)C5)cc4c(c1)c23. The van der Waals surface area contributed by atoms with Crippen molar-refractivity contribution in [3.63, 3.8) is 0 Å². The van der Waals surface area contributed by atoms with Crippen LogP contribution in [0.2, 0.25) is 0 Å². The van der Waals surface area contributed by atoms with E-state index in [2.05, 4.69) is 109 Å². The molecule has 3 heteroatoms. The zero-order valence-corrected chi connectivity index (χ0v) is 19.5. The summed E-state index contributed by atoms with van der Waals surface area (Å²) in [6, 6.07) is 20.7. The van der Waals surface area contributed by atoms with E-state index in [0.29, 0.717) is 11.8 Å². The normalized spacial score (nSPS) is 14.7. The van der Waals surface area contributed by atoms with Crippen molar-refractivity contribution in [2.24, 2.45) is 11.8 Å². The summed E-state index contributed by atoms with van der Waals surface area (Å²) in [6.45, 7) is 11.2. The van der Waals surface area contributed by atoms with E-state index in [4.69, 9.17) is 0 Å². The van der Waals surface area contributed by atoms with Crippen LogP contribution < -0.4 is 4.90 Å². The van der Waals surface area contributed by atoms with Gasteiger partial charge < -0.3 is 14.2 Å². The topological polar surface area (TPSA) is 10.9 Å². The van der Waals surface area contributed by atoms with Crippen LogP contribution in [0.1, 0.15) is 33.3 Å². The third kappa shape index (κ3) is 2.95. The second kappa shape index (κ2) is 7.16. The summed E-state index contributed by atoms with van der Waals surface area (Å²) in [6.07, 6.45) is 5.56. The van der Waals surface area contributed by atoms with Crippen LogP contribution in [0, 0.1) is 11.8 Å². The highest BCUT2D eigenvalue weighted by atomic mass is 15.3. The fourth-order valence-electron chi connectivity index (χ4n) is 5.54. The summed E-state index contributed by atoms with van der Waals surface area (Å²) in [5.74, 6) is 1.30. The Balaban J connectivity index is 1.56. The van der Waals surface area contributed by atoms with Crippen LogP contribution in [0.15, 0.2) is 67.0 Å². The van der Waals surface area contributed by atoms with Crippen LogP contribution in [0.5, 0.6) is 0 Å². The van der Waals surface area contributed by atoms with Crippen LogP contribution in [0.25, 0.3) is 38.1 Å². The van der Waals surface area contributed by atoms with Crippen molar-refractivity contribution in [2.45, 2.75) is 34.1 Å². The summed E-state index contributed by atoms with van der Waals surface area (Å²) in [5.41, 5.74) is 6.68. The van der Waals surface area contributed by atoms with Crippen molar-refractivity contribution in [1.29, 1.82) is 0 Å². The standard InChI is InChI=1S/C29H31N3/c1-19(2)13-21-14-25-23-7-5-6-8-27(23)32-28-10-9-22(16-24(28)26(15-21)29(25)32)31-12-11-30(18-31)17-20(3)4/h5-12,14-16,19-20H,13,17-18H2,1-4H3. The lowest BCUT2D eigenvalue weighted by atomic mass is 9.98. The maximum absolute atomic E-state index is 2.48. The third-order valence-corrected chi connectivity index (χ3v) is 6.71. The Kier molecular flexibility index (Phi) is 4.36. The van der Waals surface area contributed by atoms with E-state index in [9.17, 15) is 0 Å². The van der Waals surface area contributed by atoms with Crippen molar-refractivity contribution in [2.75, 3.05) is 18.1 Å². The molecule has 2 aromatic heterocycles. The van der Waals surface area contributed by atoms with E-state index in [-0.39, 0.29) is 0 Å². The first kappa shape index (κ1) is 19.5. The number of nitrogens with zero attached hydrogens (tertiary/aromatic N) is 3. The minimum atomic E-state index is 0.641. The summed E-state index contributed by atoms with van der Waals surface area (Å²) >= 11 is 0. The summed E-state index contributed by atoms with van der Waals surface area (Å²) in [4.78, 5) is 4.76. The van der Waals surface area contributed by atoms with Gasteiger partial charge in [0, 0.05) is 46.2 Å². The van der Waals surface area contributed by atoms with Gasteiger partial charge in [-0.05, 0) is 60.2 Å². The van der Waals surface area contributed by atoms with Crippen molar-refractivity contribution in [1.82, 2.24) is 9.30 Å². The molecule has 5 aromatic rings. The van der Waals surface area contributed by atoms with Crippen molar-refractivity contribution in [3.05, 3.63) is 72.6 Å². The molecule has 0 spiro atoms. The highest BCUT2D eigenvalue weighted by Crippen LogP contribution is 2.41. The van der Waals surface area contributed by atoms with Crippen LogP contribution >= 0.6 is 0 Å². The van der Waals surface area contributed by atoms with Crippen molar-refractivity contribution in [3.8, 4) is 0 Å². The maximum Gasteiger partial charge on any atom is 0.0942 e. The molecule has 0 fully saturated rings. The number of aromatic nitrogens is 1. The van der Waals surface area contributed by atoms with Gasteiger partial charge in [0.25, 0.3) is 0 Å². The quantitative estimate of drug-likeness (QED) is 0.296. The van der Waals surface area contributed by atoms with E-state index < -0.39 is 0 Å². The zero-order chi connectivity index (χ0) is 22.0. The van der Waals surface area contributed by atoms with E-state index in [1.807, 2.05) is 0 Å². The number of hydrogen-bond acceptors (Lipinski definition) is 2. The Hall–Kier alpha value is -3.20. The summed E-state index contributed by atoms with van der Waals surface area (Å²) in [7, 11) is 0. The Morgan fingerprint density at radius 3 is 2.28 bits per heavy atom. The number of benzene rings is 3. The van der Waals surface area contributed by atoms with Gasteiger partial charge >= 0.3 is 0 Å². The predicted octanol–water partition coefficient (Wildman–Crippen LogP) is 7.24. The fourth-order valence-corrected chi connectivity index (χ4v) is 5.54. The predicted molar refractivity (Wildman–Crippen MR) is 138 cm³/mol. The number of hydrogen-bond donors (Lipinski definition) is 0. The Bertz CT molecular complexity index is 1470. The molecule has 1 aliphatic rings. The highest BCUT2D eigenvalue weighted by molar-refractivity contribution is 6.23. The van der Waals surface area contributed by atoms with Gasteiger partial charge in [0.2, 0.25) is 0 Å². The number of fused-ring (bicyclic) bond motifs is 6. The smallest absolute Gasteiger partial charge is 0.0942 e. The minimum absolute atomic E-state index is 0.641. The number of anilines is 1. The highest BCUT2D eigenvalue weighted by Gasteiger charge is 2.20.